The first-order chi connectivity index (χ1) is 18.6. The second kappa shape index (κ2) is 29.4. The van der Waals surface area contributed by atoms with Crippen molar-refractivity contribution in [1.82, 2.24) is 0 Å². The Bertz CT molecular complexity index is 699. The minimum Gasteiger partial charge on any atom is -0.481 e. The number of carbonyl (C=O) groups is 1. The molecule has 0 aromatic heterocycles. The fourth-order valence-electron chi connectivity index (χ4n) is 4.00. The largest absolute Gasteiger partial charge is 0.481 e. The van der Waals surface area contributed by atoms with Crippen molar-refractivity contribution in [2.24, 2.45) is 0 Å². The number of allylic oxidation sites excluding steroid dienone is 8. The van der Waals surface area contributed by atoms with Crippen molar-refractivity contribution >= 4 is 5.97 Å². The molecule has 0 aliphatic carbocycles. The molecule has 3 N–H and O–H groups in total. The van der Waals surface area contributed by atoms with Crippen LogP contribution < -0.4 is 0 Å². The lowest BCUT2D eigenvalue weighted by atomic mass is 10.0. The number of hydrogen-bond donors (Lipinski definition) is 3. The summed E-state index contributed by atoms with van der Waals surface area (Å²) in [4.78, 5) is 10.5. The van der Waals surface area contributed by atoms with Crippen molar-refractivity contribution < 1.29 is 20.1 Å². The van der Waals surface area contributed by atoms with Gasteiger partial charge in [0.1, 0.15) is 0 Å². The van der Waals surface area contributed by atoms with E-state index >= 15 is 0 Å². The third-order valence-corrected chi connectivity index (χ3v) is 6.27. The molecule has 4 nitrogen and oxygen atoms in total. The van der Waals surface area contributed by atoms with E-state index in [0.29, 0.717) is 19.3 Å². The highest BCUT2D eigenvalue weighted by Gasteiger charge is 1.97. The monoisotopic (exact) mass is 528 g/mol. The van der Waals surface area contributed by atoms with Gasteiger partial charge in [-0.05, 0) is 44.9 Å². The Labute approximate surface area is 233 Å². The number of aliphatic hydroxyl groups excluding tert-OH is 2. The summed E-state index contributed by atoms with van der Waals surface area (Å²) in [7, 11) is 0. The van der Waals surface area contributed by atoms with Crippen LogP contribution >= 0.6 is 0 Å². The summed E-state index contributed by atoms with van der Waals surface area (Å²) in [5.41, 5.74) is 0. The first-order valence-electron chi connectivity index (χ1n) is 15.1. The fourth-order valence-corrected chi connectivity index (χ4v) is 4.00. The number of aliphatic hydroxyl groups is 2. The maximum Gasteiger partial charge on any atom is 0.303 e. The Kier molecular flexibility index (Phi) is 27.7. The highest BCUT2D eigenvalue weighted by atomic mass is 16.4. The van der Waals surface area contributed by atoms with Gasteiger partial charge < -0.3 is 15.3 Å². The second-order valence-electron chi connectivity index (χ2n) is 9.99. The van der Waals surface area contributed by atoms with Crippen LogP contribution in [0.15, 0.2) is 72.9 Å². The summed E-state index contributed by atoms with van der Waals surface area (Å²) < 4.78 is 0. The first-order valence-corrected chi connectivity index (χ1v) is 15.1. The van der Waals surface area contributed by atoms with Gasteiger partial charge in [-0.15, -0.1) is 0 Å². The summed E-state index contributed by atoms with van der Waals surface area (Å²) in [6, 6.07) is 0. The number of carboxylic acid groups (broad SMARTS) is 1. The maximum atomic E-state index is 10.5. The topological polar surface area (TPSA) is 77.8 Å². The smallest absolute Gasteiger partial charge is 0.303 e. The molecule has 2 atom stereocenters. The average Bonchev–Trinajstić information content (AvgIpc) is 2.89. The Balaban J connectivity index is 3.53. The van der Waals surface area contributed by atoms with E-state index in [9.17, 15) is 15.0 Å². The molecule has 0 amide bonds. The SMILES string of the molecule is CC/C=C/CC(O)/C=C/C=C/C=C/C(O)C/C=C/C/C=C/CCCCCCCCCCCCCCC(=O)O. The van der Waals surface area contributed by atoms with Crippen LogP contribution in [0, 0.1) is 0 Å². The molecular formula is C34H56O4. The quantitative estimate of drug-likeness (QED) is 0.0594. The van der Waals surface area contributed by atoms with Crippen LogP contribution in [0.5, 0.6) is 0 Å². The molecule has 0 heterocycles. The van der Waals surface area contributed by atoms with Crippen molar-refractivity contribution in [1.29, 1.82) is 0 Å². The molecule has 4 heteroatoms. The van der Waals surface area contributed by atoms with Crippen molar-refractivity contribution in [3.05, 3.63) is 72.9 Å². The number of aliphatic carboxylic acids is 1. The maximum absolute atomic E-state index is 10.5. The second-order valence-corrected chi connectivity index (χ2v) is 9.99. The molecule has 0 saturated carbocycles. The van der Waals surface area contributed by atoms with Crippen LogP contribution in [-0.4, -0.2) is 33.5 Å². The normalized spacial score (nSPS) is 14.4. The molecular weight excluding hydrogens is 472 g/mol. The molecule has 0 fully saturated rings. The lowest BCUT2D eigenvalue weighted by Crippen LogP contribution is -1.98. The van der Waals surface area contributed by atoms with Crippen molar-refractivity contribution in [3.8, 4) is 0 Å². The average molecular weight is 529 g/mol. The van der Waals surface area contributed by atoms with Gasteiger partial charge in [0.05, 0.1) is 12.2 Å². The van der Waals surface area contributed by atoms with E-state index in [0.717, 1.165) is 32.1 Å². The summed E-state index contributed by atoms with van der Waals surface area (Å²) in [6.07, 6.45) is 42.1. The zero-order valence-corrected chi connectivity index (χ0v) is 24.1. The van der Waals surface area contributed by atoms with Crippen LogP contribution in [0.4, 0.5) is 0 Å². The van der Waals surface area contributed by atoms with Crippen LogP contribution in [0.3, 0.4) is 0 Å². The van der Waals surface area contributed by atoms with Gasteiger partial charge in [-0.2, -0.15) is 0 Å². The Morgan fingerprint density at radius 1 is 0.579 bits per heavy atom. The Morgan fingerprint density at radius 2 is 1.03 bits per heavy atom. The predicted octanol–water partition coefficient (Wildman–Crippen LogP) is 9.17. The van der Waals surface area contributed by atoms with Gasteiger partial charge in [-0.3, -0.25) is 4.79 Å². The van der Waals surface area contributed by atoms with Crippen LogP contribution in [0.2, 0.25) is 0 Å². The molecule has 0 aromatic carbocycles. The van der Waals surface area contributed by atoms with Gasteiger partial charge in [0.15, 0.2) is 0 Å². The Hall–Kier alpha value is -2.17. The summed E-state index contributed by atoms with van der Waals surface area (Å²) in [6.45, 7) is 2.07. The number of hydrogen-bond acceptors (Lipinski definition) is 3. The van der Waals surface area contributed by atoms with E-state index in [1.165, 1.54) is 64.2 Å². The van der Waals surface area contributed by atoms with E-state index in [-0.39, 0.29) is 0 Å². The molecule has 0 bridgehead atoms. The van der Waals surface area contributed by atoms with E-state index in [1.807, 2.05) is 36.5 Å². The highest BCUT2D eigenvalue weighted by molar-refractivity contribution is 5.66. The minimum absolute atomic E-state index is 0.319. The molecule has 0 spiro atoms. The van der Waals surface area contributed by atoms with Crippen molar-refractivity contribution in [3.63, 3.8) is 0 Å². The molecule has 0 saturated heterocycles. The highest BCUT2D eigenvalue weighted by Crippen LogP contribution is 2.13. The summed E-state index contributed by atoms with van der Waals surface area (Å²) in [5, 5.41) is 28.4. The zero-order valence-electron chi connectivity index (χ0n) is 24.1. The van der Waals surface area contributed by atoms with E-state index in [4.69, 9.17) is 5.11 Å². The van der Waals surface area contributed by atoms with Gasteiger partial charge in [0, 0.05) is 6.42 Å². The summed E-state index contributed by atoms with van der Waals surface area (Å²) >= 11 is 0. The first kappa shape index (κ1) is 35.8. The molecule has 0 radical (unpaired) electrons. The van der Waals surface area contributed by atoms with E-state index in [1.54, 1.807) is 12.2 Å². The van der Waals surface area contributed by atoms with Gasteiger partial charge in [-0.25, -0.2) is 0 Å². The van der Waals surface area contributed by atoms with Crippen LogP contribution in [0.25, 0.3) is 0 Å². The van der Waals surface area contributed by atoms with E-state index in [2.05, 4.69) is 31.2 Å². The molecule has 0 aliphatic rings. The fraction of sp³-hybridized carbons (Fsp3) is 0.618. The van der Waals surface area contributed by atoms with E-state index < -0.39 is 18.2 Å². The van der Waals surface area contributed by atoms with Gasteiger partial charge in [0.2, 0.25) is 0 Å². The molecule has 0 aliphatic heterocycles. The van der Waals surface area contributed by atoms with Gasteiger partial charge >= 0.3 is 5.97 Å². The Morgan fingerprint density at radius 3 is 1.53 bits per heavy atom. The lowest BCUT2D eigenvalue weighted by Gasteiger charge is -2.02. The van der Waals surface area contributed by atoms with Crippen molar-refractivity contribution in [2.75, 3.05) is 0 Å². The molecule has 216 valence electrons. The minimum atomic E-state index is -0.672. The number of rotatable bonds is 26. The third-order valence-electron chi connectivity index (χ3n) is 6.27. The van der Waals surface area contributed by atoms with Gasteiger partial charge in [-0.1, -0.05) is 144 Å². The summed E-state index contributed by atoms with van der Waals surface area (Å²) in [5.74, 6) is -0.672. The molecule has 2 unspecified atom stereocenters. The van der Waals surface area contributed by atoms with Crippen LogP contribution in [0.1, 0.15) is 122 Å². The standard InChI is InChI=1S/C34H56O4/c1-2-3-22-27-32(35)29-24-20-21-25-30-33(36)28-23-18-16-14-12-10-8-6-4-5-7-9-11-13-15-17-19-26-31-34(37)38/h3,12,14,18,20-25,29-30,32-33,35-36H,2,4-11,13,15-17,19,26-28,31H2,1H3,(H,37,38)/b14-12+,21-20+,22-3+,23-18+,29-24+,30-25+. The molecule has 0 rings (SSSR count). The van der Waals surface area contributed by atoms with Gasteiger partial charge in [0.25, 0.3) is 0 Å². The van der Waals surface area contributed by atoms with Crippen LogP contribution in [-0.2, 0) is 4.79 Å². The molecule has 0 aromatic rings. The predicted molar refractivity (Wildman–Crippen MR) is 163 cm³/mol. The third kappa shape index (κ3) is 30.1. The zero-order chi connectivity index (χ0) is 27.9. The lowest BCUT2D eigenvalue weighted by molar-refractivity contribution is -0.137. The number of carboxylic acids is 1. The number of unbranched alkanes of at least 4 members (excludes halogenated alkanes) is 12. The van der Waals surface area contributed by atoms with Crippen molar-refractivity contribution in [2.45, 2.75) is 135 Å². The molecule has 38 heavy (non-hydrogen) atoms.